The molecule has 0 bridgehead atoms. The summed E-state index contributed by atoms with van der Waals surface area (Å²) < 4.78 is 0. The van der Waals surface area contributed by atoms with Crippen molar-refractivity contribution in [3.63, 3.8) is 0 Å². The van der Waals surface area contributed by atoms with Crippen LogP contribution in [0.2, 0.25) is 0 Å². The van der Waals surface area contributed by atoms with Crippen molar-refractivity contribution in [2.75, 3.05) is 26.4 Å². The summed E-state index contributed by atoms with van der Waals surface area (Å²) in [7, 11) is 0. The largest absolute Gasteiger partial charge is 0.396 e. The molecule has 42 heavy (non-hydrogen) atoms. The molecule has 0 fully saturated rings. The van der Waals surface area contributed by atoms with E-state index >= 15 is 0 Å². The fourth-order valence-electron chi connectivity index (χ4n) is 6.43. The van der Waals surface area contributed by atoms with Gasteiger partial charge < -0.3 is 20.4 Å². The average molecular weight is 591 g/mol. The first-order chi connectivity index (χ1) is 20.5. The van der Waals surface area contributed by atoms with Crippen LogP contribution in [0.4, 0.5) is 0 Å². The highest BCUT2D eigenvalue weighted by Crippen LogP contribution is 2.32. The van der Waals surface area contributed by atoms with E-state index in [0.717, 1.165) is 36.8 Å². The van der Waals surface area contributed by atoms with Crippen LogP contribution in [-0.2, 0) is 12.8 Å². The third kappa shape index (κ3) is 17.4. The van der Waals surface area contributed by atoms with Crippen molar-refractivity contribution in [2.45, 2.75) is 168 Å². The van der Waals surface area contributed by atoms with Crippen LogP contribution in [0.5, 0.6) is 0 Å². The number of hydrogen-bond acceptors (Lipinski definition) is 4. The van der Waals surface area contributed by atoms with E-state index in [0.29, 0.717) is 12.8 Å². The summed E-state index contributed by atoms with van der Waals surface area (Å²) in [4.78, 5) is 0. The third-order valence-corrected chi connectivity index (χ3v) is 9.64. The zero-order chi connectivity index (χ0) is 30.8. The summed E-state index contributed by atoms with van der Waals surface area (Å²) >= 11 is 0. The maximum Gasteiger partial charge on any atom is 0.0512 e. The number of aliphatic hydroxyl groups excluding tert-OH is 4. The van der Waals surface area contributed by atoms with Gasteiger partial charge in [-0.3, -0.25) is 0 Å². The van der Waals surface area contributed by atoms with Gasteiger partial charge in [0.25, 0.3) is 0 Å². The maximum absolute atomic E-state index is 10.2. The first-order valence-corrected chi connectivity index (χ1v) is 18.0. The smallest absolute Gasteiger partial charge is 0.0512 e. The fraction of sp³-hybridized carbons (Fsp3) is 0.842. The third-order valence-electron chi connectivity index (χ3n) is 9.64. The second-order valence-electron chi connectivity index (χ2n) is 13.7. The minimum absolute atomic E-state index is 0.000324. The van der Waals surface area contributed by atoms with Crippen LogP contribution in [0.3, 0.4) is 0 Å². The lowest BCUT2D eigenvalue weighted by Crippen LogP contribution is -2.33. The number of benzene rings is 1. The molecule has 0 aliphatic heterocycles. The Morgan fingerprint density at radius 3 is 0.857 bits per heavy atom. The van der Waals surface area contributed by atoms with Crippen molar-refractivity contribution >= 4 is 0 Å². The first kappa shape index (κ1) is 39.1. The predicted octanol–water partition coefficient (Wildman–Crippen LogP) is 9.34. The van der Waals surface area contributed by atoms with E-state index in [1.54, 1.807) is 0 Å². The first-order valence-electron chi connectivity index (χ1n) is 18.0. The highest BCUT2D eigenvalue weighted by molar-refractivity contribution is 5.25. The Balaban J connectivity index is 2.45. The molecule has 0 amide bonds. The Labute approximate surface area is 260 Å². The van der Waals surface area contributed by atoms with Crippen LogP contribution < -0.4 is 0 Å². The van der Waals surface area contributed by atoms with Gasteiger partial charge in [-0.25, -0.2) is 0 Å². The summed E-state index contributed by atoms with van der Waals surface area (Å²) in [5.41, 5.74) is 1.30. The molecule has 0 unspecified atom stereocenters. The fourth-order valence-corrected chi connectivity index (χ4v) is 6.43. The molecule has 0 spiro atoms. The molecule has 0 aromatic heterocycles. The van der Waals surface area contributed by atoms with Crippen molar-refractivity contribution in [3.05, 3.63) is 35.4 Å². The Kier molecular flexibility index (Phi) is 23.6. The van der Waals surface area contributed by atoms with Gasteiger partial charge in [0.15, 0.2) is 0 Å². The van der Waals surface area contributed by atoms with E-state index in [1.807, 2.05) is 0 Å². The molecule has 0 saturated carbocycles. The van der Waals surface area contributed by atoms with E-state index in [9.17, 15) is 20.4 Å². The molecule has 1 aromatic rings. The van der Waals surface area contributed by atoms with Crippen LogP contribution >= 0.6 is 0 Å². The topological polar surface area (TPSA) is 80.9 Å². The van der Waals surface area contributed by atoms with Gasteiger partial charge >= 0.3 is 0 Å². The molecule has 4 heteroatoms. The zero-order valence-corrected chi connectivity index (χ0v) is 27.9. The molecular formula is C38H70O4. The minimum atomic E-state index is -0.475. The molecule has 0 aliphatic rings. The summed E-state index contributed by atoms with van der Waals surface area (Å²) in [6, 6.07) is 8.42. The quantitative estimate of drug-likeness (QED) is 0.0673. The molecular weight excluding hydrogens is 520 g/mol. The minimum Gasteiger partial charge on any atom is -0.396 e. The lowest BCUT2D eigenvalue weighted by molar-refractivity contribution is 0.0442. The van der Waals surface area contributed by atoms with Crippen molar-refractivity contribution < 1.29 is 20.4 Å². The normalized spacial score (nSPS) is 12.3. The molecule has 0 aliphatic carbocycles. The van der Waals surface area contributed by atoms with Crippen LogP contribution in [0, 0.1) is 10.8 Å². The number of hydrogen-bond donors (Lipinski definition) is 4. The average Bonchev–Trinajstić information content (AvgIpc) is 3.02. The highest BCUT2D eigenvalue weighted by Gasteiger charge is 2.30. The molecule has 0 saturated heterocycles. The molecule has 1 rings (SSSR count). The molecule has 1 aromatic carbocycles. The van der Waals surface area contributed by atoms with Crippen LogP contribution in [0.25, 0.3) is 0 Å². The summed E-state index contributed by atoms with van der Waals surface area (Å²) in [6.45, 7) is 4.52. The lowest BCUT2D eigenvalue weighted by Gasteiger charge is -2.31. The Morgan fingerprint density at radius 2 is 0.619 bits per heavy atom. The van der Waals surface area contributed by atoms with Crippen molar-refractivity contribution in [2.24, 2.45) is 10.8 Å². The Hall–Kier alpha value is -0.940. The summed E-state index contributed by atoms with van der Waals surface area (Å²) in [5, 5.41) is 40.9. The van der Waals surface area contributed by atoms with Gasteiger partial charge in [0, 0.05) is 10.8 Å². The monoisotopic (exact) mass is 591 g/mol. The van der Waals surface area contributed by atoms with Crippen molar-refractivity contribution in [1.29, 1.82) is 0 Å². The van der Waals surface area contributed by atoms with Gasteiger partial charge in [0.1, 0.15) is 0 Å². The van der Waals surface area contributed by atoms with Gasteiger partial charge in [0.2, 0.25) is 0 Å². The molecule has 0 heterocycles. The van der Waals surface area contributed by atoms with E-state index < -0.39 is 10.8 Å². The van der Waals surface area contributed by atoms with Gasteiger partial charge in [-0.2, -0.15) is 0 Å². The van der Waals surface area contributed by atoms with Gasteiger partial charge in [-0.05, 0) is 36.8 Å². The van der Waals surface area contributed by atoms with E-state index in [-0.39, 0.29) is 26.4 Å². The molecule has 4 N–H and O–H groups in total. The lowest BCUT2D eigenvalue weighted by atomic mass is 9.77. The van der Waals surface area contributed by atoms with E-state index in [4.69, 9.17) is 0 Å². The van der Waals surface area contributed by atoms with Crippen LogP contribution in [0.1, 0.15) is 166 Å². The maximum atomic E-state index is 10.2. The van der Waals surface area contributed by atoms with Gasteiger partial charge in [-0.15, -0.1) is 0 Å². The second-order valence-corrected chi connectivity index (χ2v) is 13.7. The Morgan fingerprint density at radius 1 is 0.381 bits per heavy atom. The van der Waals surface area contributed by atoms with E-state index in [1.165, 1.54) is 116 Å². The van der Waals surface area contributed by atoms with Crippen molar-refractivity contribution in [3.8, 4) is 0 Å². The highest BCUT2D eigenvalue weighted by atomic mass is 16.3. The summed E-state index contributed by atoms with van der Waals surface area (Å²) in [5.74, 6) is 0. The molecule has 0 radical (unpaired) electrons. The second kappa shape index (κ2) is 25.4. The number of rotatable bonds is 30. The van der Waals surface area contributed by atoms with E-state index in [2.05, 4.69) is 38.1 Å². The van der Waals surface area contributed by atoms with Gasteiger partial charge in [0.05, 0.1) is 26.4 Å². The standard InChI is InChI=1S/C38H70O4/c1-3-5-7-9-11-13-15-17-19-21-27-37(31-39,32-40)29-35-23-25-36(26-24-35)30-38(33-41,34-42)28-22-20-18-16-14-12-10-8-6-4-2/h23-26,39-42H,3-22,27-34H2,1-2H3. The molecule has 0 atom stereocenters. The molecule has 246 valence electrons. The Bertz CT molecular complexity index is 647. The number of aliphatic hydroxyl groups is 4. The molecule has 4 nitrogen and oxygen atoms in total. The van der Waals surface area contributed by atoms with Crippen LogP contribution in [0.15, 0.2) is 24.3 Å². The zero-order valence-electron chi connectivity index (χ0n) is 27.9. The predicted molar refractivity (Wildman–Crippen MR) is 180 cm³/mol. The summed E-state index contributed by atoms with van der Waals surface area (Å²) in [6.07, 6.45) is 28.7. The SMILES string of the molecule is CCCCCCCCCCCCC(CO)(CO)Cc1ccc(CC(CO)(CO)CCCCCCCCCCCC)cc1. The van der Waals surface area contributed by atoms with Crippen LogP contribution in [-0.4, -0.2) is 46.9 Å². The van der Waals surface area contributed by atoms with Crippen molar-refractivity contribution in [1.82, 2.24) is 0 Å². The van der Waals surface area contributed by atoms with Gasteiger partial charge in [-0.1, -0.05) is 167 Å². The number of unbranched alkanes of at least 4 members (excludes halogenated alkanes) is 18.